The molecular formula is C15H10N6. The summed E-state index contributed by atoms with van der Waals surface area (Å²) in [6.07, 6.45) is 3.59. The summed E-state index contributed by atoms with van der Waals surface area (Å²) in [4.78, 5) is 4.37. The molecule has 0 spiro atoms. The maximum Gasteiger partial charge on any atom is 0.137 e. The molecule has 0 aliphatic rings. The van der Waals surface area contributed by atoms with Crippen LogP contribution in [-0.2, 0) is 7.05 Å². The van der Waals surface area contributed by atoms with Crippen LogP contribution >= 0.6 is 0 Å². The van der Waals surface area contributed by atoms with Crippen molar-refractivity contribution in [1.29, 1.82) is 5.26 Å². The number of nitriles is 1. The number of aromatic nitrogens is 5. The summed E-state index contributed by atoms with van der Waals surface area (Å²) in [5.41, 5.74) is 5.14. The van der Waals surface area contributed by atoms with Crippen molar-refractivity contribution in [3.05, 3.63) is 48.3 Å². The molecule has 3 aromatic heterocycles. The molecule has 4 rings (SSSR count). The Labute approximate surface area is 119 Å². The number of aryl methyl sites for hydroxylation is 1. The zero-order chi connectivity index (χ0) is 14.4. The van der Waals surface area contributed by atoms with Crippen molar-refractivity contribution in [2.45, 2.75) is 0 Å². The highest BCUT2D eigenvalue weighted by molar-refractivity contribution is 5.81. The van der Waals surface area contributed by atoms with Gasteiger partial charge in [-0.2, -0.15) is 5.26 Å². The quantitative estimate of drug-likeness (QED) is 0.533. The van der Waals surface area contributed by atoms with Crippen LogP contribution in [0.3, 0.4) is 0 Å². The molecule has 0 saturated heterocycles. The van der Waals surface area contributed by atoms with Crippen LogP contribution < -0.4 is 0 Å². The van der Waals surface area contributed by atoms with Gasteiger partial charge in [0.25, 0.3) is 0 Å². The molecule has 4 aromatic rings. The molecule has 0 aliphatic heterocycles. The van der Waals surface area contributed by atoms with E-state index in [4.69, 9.17) is 5.26 Å². The van der Waals surface area contributed by atoms with Crippen LogP contribution in [0.1, 0.15) is 5.56 Å². The summed E-state index contributed by atoms with van der Waals surface area (Å²) in [6.45, 7) is 0. The first-order chi connectivity index (χ1) is 10.3. The predicted octanol–water partition coefficient (Wildman–Crippen LogP) is 2.15. The Morgan fingerprint density at radius 2 is 2.10 bits per heavy atom. The fourth-order valence-electron chi connectivity index (χ4n) is 2.46. The first-order valence-corrected chi connectivity index (χ1v) is 6.43. The fourth-order valence-corrected chi connectivity index (χ4v) is 2.46. The van der Waals surface area contributed by atoms with E-state index >= 15 is 0 Å². The lowest BCUT2D eigenvalue weighted by Gasteiger charge is -2.02. The predicted molar refractivity (Wildman–Crippen MR) is 77.4 cm³/mol. The summed E-state index contributed by atoms with van der Waals surface area (Å²) in [5, 5.41) is 17.2. The first kappa shape index (κ1) is 11.6. The van der Waals surface area contributed by atoms with Gasteiger partial charge >= 0.3 is 0 Å². The van der Waals surface area contributed by atoms with Crippen molar-refractivity contribution in [2.24, 2.45) is 7.05 Å². The average molecular weight is 274 g/mol. The lowest BCUT2D eigenvalue weighted by atomic mass is 10.1. The van der Waals surface area contributed by atoms with Crippen molar-refractivity contribution < 1.29 is 0 Å². The second-order valence-electron chi connectivity index (χ2n) is 4.82. The number of hydrogen-bond donors (Lipinski definition) is 0. The Kier molecular flexibility index (Phi) is 2.29. The standard InChI is InChI=1S/C15H10N6/c1-20-13-4-3-11(6-12(13)18-19-20)14-8-17-15-5-2-10(7-16)9-21(14)15/h2-6,8-9H,1H3. The van der Waals surface area contributed by atoms with E-state index < -0.39 is 0 Å². The van der Waals surface area contributed by atoms with Crippen LogP contribution in [-0.4, -0.2) is 24.4 Å². The minimum absolute atomic E-state index is 0.599. The van der Waals surface area contributed by atoms with Crippen LogP contribution in [0.5, 0.6) is 0 Å². The second kappa shape index (κ2) is 4.15. The highest BCUT2D eigenvalue weighted by Gasteiger charge is 2.09. The van der Waals surface area contributed by atoms with Gasteiger partial charge in [-0.1, -0.05) is 11.3 Å². The summed E-state index contributed by atoms with van der Waals surface area (Å²) in [5.74, 6) is 0. The van der Waals surface area contributed by atoms with Gasteiger partial charge in [-0.15, -0.1) is 5.10 Å². The molecule has 0 N–H and O–H groups in total. The molecule has 0 bridgehead atoms. The third kappa shape index (κ3) is 1.68. The average Bonchev–Trinajstić information content (AvgIpc) is 3.10. The molecule has 6 nitrogen and oxygen atoms in total. The zero-order valence-electron chi connectivity index (χ0n) is 11.2. The molecule has 1 aromatic carbocycles. The van der Waals surface area contributed by atoms with Gasteiger partial charge in [0.1, 0.15) is 17.2 Å². The van der Waals surface area contributed by atoms with Crippen molar-refractivity contribution >= 4 is 16.7 Å². The Bertz CT molecular complexity index is 1020. The van der Waals surface area contributed by atoms with Gasteiger partial charge in [-0.25, -0.2) is 9.67 Å². The van der Waals surface area contributed by atoms with Crippen molar-refractivity contribution in [3.8, 4) is 17.3 Å². The third-order valence-corrected chi connectivity index (χ3v) is 3.54. The van der Waals surface area contributed by atoms with Crippen molar-refractivity contribution in [1.82, 2.24) is 24.4 Å². The number of nitrogens with zero attached hydrogens (tertiary/aromatic N) is 6. The van der Waals surface area contributed by atoms with Gasteiger partial charge in [0.05, 0.1) is 23.0 Å². The van der Waals surface area contributed by atoms with Gasteiger partial charge < -0.3 is 0 Å². The maximum absolute atomic E-state index is 9.04. The number of pyridine rings is 1. The molecule has 0 unspecified atom stereocenters. The normalized spacial score (nSPS) is 11.0. The molecular weight excluding hydrogens is 264 g/mol. The molecule has 0 radical (unpaired) electrons. The van der Waals surface area contributed by atoms with Crippen LogP contribution in [0.4, 0.5) is 0 Å². The fraction of sp³-hybridized carbons (Fsp3) is 0.0667. The Morgan fingerprint density at radius 1 is 1.19 bits per heavy atom. The maximum atomic E-state index is 9.04. The smallest absolute Gasteiger partial charge is 0.137 e. The molecule has 0 amide bonds. The van der Waals surface area contributed by atoms with E-state index in [2.05, 4.69) is 21.4 Å². The second-order valence-corrected chi connectivity index (χ2v) is 4.82. The Hall–Kier alpha value is -3.20. The Morgan fingerprint density at radius 3 is 2.95 bits per heavy atom. The zero-order valence-corrected chi connectivity index (χ0v) is 11.2. The van der Waals surface area contributed by atoms with E-state index in [1.807, 2.05) is 35.7 Å². The van der Waals surface area contributed by atoms with E-state index in [0.717, 1.165) is 27.9 Å². The first-order valence-electron chi connectivity index (χ1n) is 6.43. The van der Waals surface area contributed by atoms with Crippen LogP contribution in [0.15, 0.2) is 42.7 Å². The highest BCUT2D eigenvalue weighted by Crippen LogP contribution is 2.24. The van der Waals surface area contributed by atoms with Crippen LogP contribution in [0, 0.1) is 11.3 Å². The molecule has 0 atom stereocenters. The van der Waals surface area contributed by atoms with Crippen LogP contribution in [0.2, 0.25) is 0 Å². The number of rotatable bonds is 1. The molecule has 0 aliphatic carbocycles. The van der Waals surface area contributed by atoms with Crippen LogP contribution in [0.25, 0.3) is 27.9 Å². The van der Waals surface area contributed by atoms with E-state index in [0.29, 0.717) is 5.56 Å². The molecule has 6 heteroatoms. The number of hydrogen-bond acceptors (Lipinski definition) is 4. The van der Waals surface area contributed by atoms with E-state index in [1.54, 1.807) is 23.1 Å². The van der Waals surface area contributed by atoms with Gasteiger partial charge in [0.2, 0.25) is 0 Å². The topological polar surface area (TPSA) is 71.8 Å². The molecule has 0 fully saturated rings. The summed E-state index contributed by atoms with van der Waals surface area (Å²) < 4.78 is 3.65. The molecule has 3 heterocycles. The summed E-state index contributed by atoms with van der Waals surface area (Å²) >= 11 is 0. The van der Waals surface area contributed by atoms with Gasteiger partial charge in [0, 0.05) is 18.8 Å². The van der Waals surface area contributed by atoms with Crippen molar-refractivity contribution in [2.75, 3.05) is 0 Å². The van der Waals surface area contributed by atoms with Gasteiger partial charge in [-0.3, -0.25) is 4.40 Å². The van der Waals surface area contributed by atoms with E-state index in [1.165, 1.54) is 0 Å². The van der Waals surface area contributed by atoms with E-state index in [9.17, 15) is 0 Å². The minimum Gasteiger partial charge on any atom is -0.298 e. The number of fused-ring (bicyclic) bond motifs is 2. The van der Waals surface area contributed by atoms with Crippen molar-refractivity contribution in [3.63, 3.8) is 0 Å². The summed E-state index contributed by atoms with van der Waals surface area (Å²) in [7, 11) is 1.86. The highest BCUT2D eigenvalue weighted by atomic mass is 15.4. The molecule has 100 valence electrons. The monoisotopic (exact) mass is 274 g/mol. The lowest BCUT2D eigenvalue weighted by molar-refractivity contribution is 0.736. The van der Waals surface area contributed by atoms with E-state index in [-0.39, 0.29) is 0 Å². The largest absolute Gasteiger partial charge is 0.298 e. The Balaban J connectivity index is 1.97. The number of imidazole rings is 1. The minimum atomic E-state index is 0.599. The SMILES string of the molecule is Cn1nnc2cc(-c3cnc4ccc(C#N)cn34)ccc21. The molecule has 0 saturated carbocycles. The summed E-state index contributed by atoms with van der Waals surface area (Å²) in [6, 6.07) is 11.7. The van der Waals surface area contributed by atoms with Gasteiger partial charge in [-0.05, 0) is 24.3 Å². The number of benzene rings is 1. The third-order valence-electron chi connectivity index (χ3n) is 3.54. The van der Waals surface area contributed by atoms with Gasteiger partial charge in [0.15, 0.2) is 0 Å². The molecule has 21 heavy (non-hydrogen) atoms. The lowest BCUT2D eigenvalue weighted by Crippen LogP contribution is -1.91.